The number of hydrogen-bond donors (Lipinski definition) is 0. The molecule has 0 aliphatic carbocycles. The second-order valence-electron chi connectivity index (χ2n) is 4.79. The first-order chi connectivity index (χ1) is 10.6. The highest BCUT2D eigenvalue weighted by Crippen LogP contribution is 2.23. The van der Waals surface area contributed by atoms with Gasteiger partial charge in [-0.3, -0.25) is 4.79 Å². The molecule has 22 heavy (non-hydrogen) atoms. The second-order valence-corrected chi connectivity index (χ2v) is 6.59. The van der Waals surface area contributed by atoms with E-state index in [1.807, 2.05) is 42.5 Å². The summed E-state index contributed by atoms with van der Waals surface area (Å²) in [5.41, 5.74) is 0. The number of carbonyl (C=O) groups is 1. The summed E-state index contributed by atoms with van der Waals surface area (Å²) in [5, 5.41) is 0. The van der Waals surface area contributed by atoms with Crippen molar-refractivity contribution in [3.63, 3.8) is 0 Å². The van der Waals surface area contributed by atoms with Crippen molar-refractivity contribution in [3.8, 4) is 5.75 Å². The lowest BCUT2D eigenvalue weighted by atomic mass is 10.3. The third-order valence-electron chi connectivity index (χ3n) is 3.04. The number of thiophene rings is 1. The van der Waals surface area contributed by atoms with Crippen molar-refractivity contribution in [2.24, 2.45) is 0 Å². The quantitative estimate of drug-likeness (QED) is 0.702. The molecule has 3 nitrogen and oxygen atoms in total. The molecule has 5 heteroatoms. The van der Waals surface area contributed by atoms with Crippen molar-refractivity contribution < 1.29 is 9.53 Å². The number of rotatable bonds is 7. The maximum atomic E-state index is 12.6. The molecule has 2 rings (SSSR count). The van der Waals surface area contributed by atoms with Crippen molar-refractivity contribution >= 4 is 28.8 Å². The van der Waals surface area contributed by atoms with Crippen LogP contribution in [0.25, 0.3) is 0 Å². The first-order valence-electron chi connectivity index (χ1n) is 6.95. The maximum absolute atomic E-state index is 12.6. The highest BCUT2D eigenvalue weighted by atomic mass is 35.5. The van der Waals surface area contributed by atoms with E-state index in [2.05, 4.69) is 6.58 Å². The molecule has 0 aliphatic heterocycles. The van der Waals surface area contributed by atoms with E-state index >= 15 is 0 Å². The largest absolute Gasteiger partial charge is 0.481 e. The summed E-state index contributed by atoms with van der Waals surface area (Å²) in [6.07, 6.45) is 1.15. The van der Waals surface area contributed by atoms with Gasteiger partial charge in [0.05, 0.1) is 10.9 Å². The normalized spacial score (nSPS) is 11.7. The van der Waals surface area contributed by atoms with Crippen molar-refractivity contribution in [1.82, 2.24) is 4.90 Å². The zero-order valence-corrected chi connectivity index (χ0v) is 13.9. The van der Waals surface area contributed by atoms with Gasteiger partial charge in [-0.25, -0.2) is 0 Å². The number of para-hydroxylation sites is 1. The summed E-state index contributed by atoms with van der Waals surface area (Å²) in [4.78, 5) is 15.3. The van der Waals surface area contributed by atoms with Crippen LogP contribution in [-0.2, 0) is 11.3 Å². The summed E-state index contributed by atoms with van der Waals surface area (Å²) >= 11 is 7.41. The van der Waals surface area contributed by atoms with E-state index in [1.165, 1.54) is 11.3 Å². The van der Waals surface area contributed by atoms with Gasteiger partial charge in [0, 0.05) is 11.4 Å². The van der Waals surface area contributed by atoms with Gasteiger partial charge in [0.25, 0.3) is 5.91 Å². The Morgan fingerprint density at radius 1 is 1.36 bits per heavy atom. The number of nitrogens with zero attached hydrogens (tertiary/aromatic N) is 1. The predicted octanol–water partition coefficient (Wildman–Crippen LogP) is 4.38. The third kappa shape index (κ3) is 4.61. The van der Waals surface area contributed by atoms with Crippen LogP contribution >= 0.6 is 22.9 Å². The van der Waals surface area contributed by atoms with Gasteiger partial charge in [-0.1, -0.05) is 35.9 Å². The Balaban J connectivity index is 2.03. The molecule has 1 atom stereocenters. The fraction of sp³-hybridized carbons (Fsp3) is 0.235. The number of benzene rings is 1. The first-order valence-corrected chi connectivity index (χ1v) is 8.15. The van der Waals surface area contributed by atoms with Gasteiger partial charge >= 0.3 is 0 Å². The Bertz CT molecular complexity index is 627. The smallest absolute Gasteiger partial charge is 0.263 e. The third-order valence-corrected chi connectivity index (χ3v) is 4.26. The number of carbonyl (C=O) groups excluding carboxylic acids is 1. The monoisotopic (exact) mass is 335 g/mol. The standard InChI is InChI=1S/C17H18ClNO2S/c1-3-11-19(12-15-9-10-16(18)22-15)17(20)13(2)21-14-7-5-4-6-8-14/h3-10,13H,1,11-12H2,2H3. The fourth-order valence-corrected chi connectivity index (χ4v) is 3.13. The number of amides is 1. The van der Waals surface area contributed by atoms with Crippen molar-refractivity contribution in [2.45, 2.75) is 19.6 Å². The minimum Gasteiger partial charge on any atom is -0.481 e. The lowest BCUT2D eigenvalue weighted by Gasteiger charge is -2.24. The number of ether oxygens (including phenoxy) is 1. The van der Waals surface area contributed by atoms with Gasteiger partial charge in [0.15, 0.2) is 6.10 Å². The molecule has 1 aromatic heterocycles. The first kappa shape index (κ1) is 16.6. The Morgan fingerprint density at radius 3 is 2.68 bits per heavy atom. The summed E-state index contributed by atoms with van der Waals surface area (Å²) in [6.45, 7) is 6.45. The van der Waals surface area contributed by atoms with E-state index in [0.29, 0.717) is 18.8 Å². The van der Waals surface area contributed by atoms with Crippen molar-refractivity contribution in [2.75, 3.05) is 6.54 Å². The molecule has 2 aromatic rings. The zero-order chi connectivity index (χ0) is 15.9. The highest BCUT2D eigenvalue weighted by Gasteiger charge is 2.22. The molecule has 0 radical (unpaired) electrons. The Hall–Kier alpha value is -1.78. The molecule has 0 saturated carbocycles. The minimum atomic E-state index is -0.558. The van der Waals surface area contributed by atoms with E-state index < -0.39 is 6.10 Å². The lowest BCUT2D eigenvalue weighted by molar-refractivity contribution is -0.138. The molecule has 0 saturated heterocycles. The van der Waals surface area contributed by atoms with Gasteiger partial charge in [-0.15, -0.1) is 17.9 Å². The molecule has 0 bridgehead atoms. The van der Waals surface area contributed by atoms with E-state index in [1.54, 1.807) is 17.9 Å². The number of halogens is 1. The summed E-state index contributed by atoms with van der Waals surface area (Å²) in [5.74, 6) is 0.606. The van der Waals surface area contributed by atoms with Gasteiger partial charge in [0.2, 0.25) is 0 Å². The van der Waals surface area contributed by atoms with Gasteiger partial charge in [-0.2, -0.15) is 0 Å². The molecule has 0 fully saturated rings. The van der Waals surface area contributed by atoms with Crippen LogP contribution in [0, 0.1) is 0 Å². The SMILES string of the molecule is C=CCN(Cc1ccc(Cl)s1)C(=O)C(C)Oc1ccccc1. The van der Waals surface area contributed by atoms with E-state index in [0.717, 1.165) is 9.21 Å². The second kappa shape index (κ2) is 8.01. The predicted molar refractivity (Wildman–Crippen MR) is 91.5 cm³/mol. The summed E-state index contributed by atoms with van der Waals surface area (Å²) in [7, 11) is 0. The van der Waals surface area contributed by atoms with Crippen LogP contribution in [0.3, 0.4) is 0 Å². The van der Waals surface area contributed by atoms with Crippen LogP contribution in [0.4, 0.5) is 0 Å². The van der Waals surface area contributed by atoms with Crippen LogP contribution < -0.4 is 4.74 Å². The van der Waals surface area contributed by atoms with Crippen LogP contribution in [0.15, 0.2) is 55.1 Å². The molecule has 1 aromatic carbocycles. The Kier molecular flexibility index (Phi) is 6.04. The van der Waals surface area contributed by atoms with Crippen molar-refractivity contribution in [1.29, 1.82) is 0 Å². The summed E-state index contributed by atoms with van der Waals surface area (Å²) in [6, 6.07) is 13.1. The fourth-order valence-electron chi connectivity index (χ4n) is 2.02. The van der Waals surface area contributed by atoms with Crippen molar-refractivity contribution in [3.05, 3.63) is 64.3 Å². The van der Waals surface area contributed by atoms with E-state index in [4.69, 9.17) is 16.3 Å². The minimum absolute atomic E-state index is 0.0757. The maximum Gasteiger partial charge on any atom is 0.263 e. The van der Waals surface area contributed by atoms with Crippen LogP contribution in [-0.4, -0.2) is 23.5 Å². The zero-order valence-electron chi connectivity index (χ0n) is 12.4. The molecule has 1 heterocycles. The van der Waals surface area contributed by atoms with E-state index in [-0.39, 0.29) is 5.91 Å². The molecular weight excluding hydrogens is 318 g/mol. The highest BCUT2D eigenvalue weighted by molar-refractivity contribution is 7.16. The van der Waals surface area contributed by atoms with E-state index in [9.17, 15) is 4.79 Å². The molecule has 1 unspecified atom stereocenters. The molecule has 1 amide bonds. The number of hydrogen-bond acceptors (Lipinski definition) is 3. The van der Waals surface area contributed by atoms with Gasteiger partial charge in [-0.05, 0) is 31.2 Å². The molecule has 0 N–H and O–H groups in total. The van der Waals surface area contributed by atoms with Crippen LogP contribution in [0.2, 0.25) is 4.34 Å². The topological polar surface area (TPSA) is 29.5 Å². The average Bonchev–Trinajstić information content (AvgIpc) is 2.92. The van der Waals surface area contributed by atoms with Crippen LogP contribution in [0.1, 0.15) is 11.8 Å². The average molecular weight is 336 g/mol. The van der Waals surface area contributed by atoms with Crippen LogP contribution in [0.5, 0.6) is 5.75 Å². The molecule has 0 spiro atoms. The summed E-state index contributed by atoms with van der Waals surface area (Å²) < 4.78 is 6.42. The molecular formula is C17H18ClNO2S. The van der Waals surface area contributed by atoms with Gasteiger partial charge < -0.3 is 9.64 Å². The Labute approximate surface area is 139 Å². The molecule has 0 aliphatic rings. The lowest BCUT2D eigenvalue weighted by Crippen LogP contribution is -2.40. The molecule has 116 valence electrons. The van der Waals surface area contributed by atoms with Gasteiger partial charge in [0.1, 0.15) is 5.75 Å². The Morgan fingerprint density at radius 2 is 2.09 bits per heavy atom.